The summed E-state index contributed by atoms with van der Waals surface area (Å²) >= 11 is 11.7. The number of carbonyl (C=O) groups excluding carboxylic acids is 1. The van der Waals surface area contributed by atoms with E-state index in [1.54, 1.807) is 18.2 Å². The third-order valence-corrected chi connectivity index (χ3v) is 2.43. The molecule has 0 spiro atoms. The van der Waals surface area contributed by atoms with Crippen LogP contribution in [0, 0.1) is 5.92 Å². The van der Waals surface area contributed by atoms with Gasteiger partial charge >= 0.3 is 0 Å². The molecular formula is C12H15Cl2NO. The first-order chi connectivity index (χ1) is 7.47. The average molecular weight is 260 g/mol. The molecule has 0 saturated carbocycles. The topological polar surface area (TPSA) is 29.1 Å². The molecule has 1 aromatic rings. The van der Waals surface area contributed by atoms with E-state index in [0.29, 0.717) is 28.9 Å². The molecule has 1 rings (SSSR count). The van der Waals surface area contributed by atoms with Crippen LogP contribution in [0.25, 0.3) is 0 Å². The normalized spacial score (nSPS) is 10.6. The van der Waals surface area contributed by atoms with Crippen LogP contribution in [0.4, 0.5) is 0 Å². The van der Waals surface area contributed by atoms with Gasteiger partial charge in [0.05, 0.1) is 6.42 Å². The second-order valence-electron chi connectivity index (χ2n) is 4.15. The van der Waals surface area contributed by atoms with E-state index >= 15 is 0 Å². The monoisotopic (exact) mass is 259 g/mol. The Bertz CT molecular complexity index is 357. The number of hydrogen-bond acceptors (Lipinski definition) is 1. The highest BCUT2D eigenvalue weighted by molar-refractivity contribution is 6.34. The van der Waals surface area contributed by atoms with Crippen LogP contribution in [-0.2, 0) is 11.2 Å². The second kappa shape index (κ2) is 6.12. The van der Waals surface area contributed by atoms with Crippen molar-refractivity contribution in [1.82, 2.24) is 5.32 Å². The van der Waals surface area contributed by atoms with Crippen molar-refractivity contribution in [3.8, 4) is 0 Å². The van der Waals surface area contributed by atoms with E-state index in [9.17, 15) is 4.79 Å². The molecule has 0 aromatic heterocycles. The fourth-order valence-electron chi connectivity index (χ4n) is 1.28. The van der Waals surface area contributed by atoms with Crippen LogP contribution in [0.15, 0.2) is 18.2 Å². The molecule has 0 unspecified atom stereocenters. The Kier molecular flexibility index (Phi) is 5.10. The van der Waals surface area contributed by atoms with Gasteiger partial charge in [-0.2, -0.15) is 0 Å². The van der Waals surface area contributed by atoms with Gasteiger partial charge in [-0.25, -0.2) is 0 Å². The van der Waals surface area contributed by atoms with Gasteiger partial charge in [0.25, 0.3) is 0 Å². The SMILES string of the molecule is CC(C)CNC(=O)Cc1cc(Cl)cc(Cl)c1. The maximum atomic E-state index is 11.5. The molecule has 4 heteroatoms. The molecule has 2 nitrogen and oxygen atoms in total. The van der Waals surface area contributed by atoms with E-state index in [1.165, 1.54) is 0 Å². The Morgan fingerprint density at radius 2 is 1.81 bits per heavy atom. The lowest BCUT2D eigenvalue weighted by molar-refractivity contribution is -0.120. The van der Waals surface area contributed by atoms with Gasteiger partial charge in [0, 0.05) is 16.6 Å². The highest BCUT2D eigenvalue weighted by Gasteiger charge is 2.05. The van der Waals surface area contributed by atoms with E-state index < -0.39 is 0 Å². The van der Waals surface area contributed by atoms with Crippen molar-refractivity contribution < 1.29 is 4.79 Å². The number of amides is 1. The summed E-state index contributed by atoms with van der Waals surface area (Å²) in [6.45, 7) is 4.79. The lowest BCUT2D eigenvalue weighted by Gasteiger charge is -2.08. The van der Waals surface area contributed by atoms with E-state index in [4.69, 9.17) is 23.2 Å². The summed E-state index contributed by atoms with van der Waals surface area (Å²) in [5, 5.41) is 3.95. The minimum absolute atomic E-state index is 0.00738. The quantitative estimate of drug-likeness (QED) is 0.884. The number of nitrogens with one attached hydrogen (secondary N) is 1. The summed E-state index contributed by atoms with van der Waals surface area (Å²) in [7, 11) is 0. The minimum atomic E-state index is -0.00738. The standard InChI is InChI=1S/C12H15Cl2NO/c1-8(2)7-15-12(16)5-9-3-10(13)6-11(14)4-9/h3-4,6,8H,5,7H2,1-2H3,(H,15,16). The van der Waals surface area contributed by atoms with Crippen LogP contribution in [0.3, 0.4) is 0 Å². The van der Waals surface area contributed by atoms with Crippen molar-refractivity contribution in [2.24, 2.45) is 5.92 Å². The number of carbonyl (C=O) groups is 1. The van der Waals surface area contributed by atoms with Crippen LogP contribution in [0.2, 0.25) is 10.0 Å². The maximum Gasteiger partial charge on any atom is 0.224 e. The third-order valence-electron chi connectivity index (χ3n) is 1.99. The van der Waals surface area contributed by atoms with Gasteiger partial charge in [0.15, 0.2) is 0 Å². The fourth-order valence-corrected chi connectivity index (χ4v) is 1.85. The second-order valence-corrected chi connectivity index (χ2v) is 5.03. The van der Waals surface area contributed by atoms with Crippen molar-refractivity contribution in [2.45, 2.75) is 20.3 Å². The van der Waals surface area contributed by atoms with E-state index in [1.807, 2.05) is 0 Å². The predicted octanol–water partition coefficient (Wildman–Crippen LogP) is 3.31. The van der Waals surface area contributed by atoms with Gasteiger partial charge in [-0.3, -0.25) is 4.79 Å². The molecule has 0 bridgehead atoms. The molecule has 0 atom stereocenters. The molecule has 88 valence electrons. The van der Waals surface area contributed by atoms with Crippen LogP contribution in [-0.4, -0.2) is 12.5 Å². The first-order valence-corrected chi connectivity index (χ1v) is 5.94. The Balaban J connectivity index is 2.56. The zero-order valence-corrected chi connectivity index (χ0v) is 10.9. The molecule has 1 aromatic carbocycles. The first kappa shape index (κ1) is 13.3. The molecular weight excluding hydrogens is 245 g/mol. The molecule has 0 heterocycles. The Hall–Kier alpha value is -0.730. The molecule has 0 aliphatic carbocycles. The summed E-state index contributed by atoms with van der Waals surface area (Å²) in [6.07, 6.45) is 0.312. The number of rotatable bonds is 4. The summed E-state index contributed by atoms with van der Waals surface area (Å²) < 4.78 is 0. The Labute approximate surface area is 106 Å². The number of hydrogen-bond donors (Lipinski definition) is 1. The largest absolute Gasteiger partial charge is 0.356 e. The summed E-state index contributed by atoms with van der Waals surface area (Å²) in [5.41, 5.74) is 0.832. The minimum Gasteiger partial charge on any atom is -0.356 e. The molecule has 16 heavy (non-hydrogen) atoms. The van der Waals surface area contributed by atoms with Crippen LogP contribution in [0.1, 0.15) is 19.4 Å². The molecule has 0 aliphatic heterocycles. The van der Waals surface area contributed by atoms with Gasteiger partial charge < -0.3 is 5.32 Å². The van der Waals surface area contributed by atoms with Gasteiger partial charge in [-0.05, 0) is 29.7 Å². The fraction of sp³-hybridized carbons (Fsp3) is 0.417. The molecule has 1 amide bonds. The molecule has 0 aliphatic rings. The van der Waals surface area contributed by atoms with E-state index in [-0.39, 0.29) is 5.91 Å². The van der Waals surface area contributed by atoms with Crippen molar-refractivity contribution >= 4 is 29.1 Å². The Morgan fingerprint density at radius 1 is 1.25 bits per heavy atom. The van der Waals surface area contributed by atoms with Gasteiger partial charge in [0.2, 0.25) is 5.91 Å². The van der Waals surface area contributed by atoms with Gasteiger partial charge in [-0.1, -0.05) is 37.0 Å². The highest BCUT2D eigenvalue weighted by atomic mass is 35.5. The van der Waals surface area contributed by atoms with Gasteiger partial charge in [-0.15, -0.1) is 0 Å². The van der Waals surface area contributed by atoms with Crippen molar-refractivity contribution in [2.75, 3.05) is 6.54 Å². The summed E-state index contributed by atoms with van der Waals surface area (Å²) in [6, 6.07) is 5.16. The zero-order valence-electron chi connectivity index (χ0n) is 9.39. The number of halogens is 2. The van der Waals surface area contributed by atoms with Crippen LogP contribution in [0.5, 0.6) is 0 Å². The average Bonchev–Trinajstić information content (AvgIpc) is 2.12. The van der Waals surface area contributed by atoms with Crippen LogP contribution >= 0.6 is 23.2 Å². The lowest BCUT2D eigenvalue weighted by Crippen LogP contribution is -2.28. The Morgan fingerprint density at radius 3 is 2.31 bits per heavy atom. The molecule has 0 radical (unpaired) electrons. The van der Waals surface area contributed by atoms with Crippen molar-refractivity contribution in [1.29, 1.82) is 0 Å². The molecule has 0 fully saturated rings. The lowest BCUT2D eigenvalue weighted by atomic mass is 10.1. The smallest absolute Gasteiger partial charge is 0.224 e. The highest BCUT2D eigenvalue weighted by Crippen LogP contribution is 2.19. The van der Waals surface area contributed by atoms with Crippen LogP contribution < -0.4 is 5.32 Å². The molecule has 1 N–H and O–H groups in total. The zero-order chi connectivity index (χ0) is 12.1. The van der Waals surface area contributed by atoms with Gasteiger partial charge in [0.1, 0.15) is 0 Å². The van der Waals surface area contributed by atoms with Crippen molar-refractivity contribution in [3.05, 3.63) is 33.8 Å². The predicted molar refractivity (Wildman–Crippen MR) is 68.0 cm³/mol. The first-order valence-electron chi connectivity index (χ1n) is 5.19. The third kappa shape index (κ3) is 4.86. The number of benzene rings is 1. The summed E-state index contributed by atoms with van der Waals surface area (Å²) in [5.74, 6) is 0.443. The molecule has 0 saturated heterocycles. The maximum absolute atomic E-state index is 11.5. The van der Waals surface area contributed by atoms with E-state index in [0.717, 1.165) is 5.56 Å². The van der Waals surface area contributed by atoms with E-state index in [2.05, 4.69) is 19.2 Å². The summed E-state index contributed by atoms with van der Waals surface area (Å²) in [4.78, 5) is 11.5. The van der Waals surface area contributed by atoms with Crippen molar-refractivity contribution in [3.63, 3.8) is 0 Å².